The maximum Gasteiger partial charge on any atom is 0.244 e. The first-order chi connectivity index (χ1) is 10.1. The number of carbonyl (C=O) groups excluding carboxylic acids is 1. The van der Waals surface area contributed by atoms with Crippen molar-refractivity contribution in [1.82, 2.24) is 0 Å². The fourth-order valence-corrected chi connectivity index (χ4v) is 2.22. The maximum absolute atomic E-state index is 11.7. The van der Waals surface area contributed by atoms with E-state index < -0.39 is 11.9 Å². The number of nitrogens with one attached hydrogen (secondary N) is 1. The average Bonchev–Trinajstić information content (AvgIpc) is 2.47. The average molecular weight is 344 g/mol. The molecule has 0 spiro atoms. The lowest BCUT2D eigenvalue weighted by atomic mass is 10.1. The van der Waals surface area contributed by atoms with E-state index in [1.165, 1.54) is 0 Å². The lowest BCUT2D eigenvalue weighted by molar-refractivity contribution is -0.118. The lowest BCUT2D eigenvalue weighted by Gasteiger charge is -2.17. The van der Waals surface area contributed by atoms with E-state index in [1.807, 2.05) is 48.5 Å². The zero-order valence-electron chi connectivity index (χ0n) is 11.2. The van der Waals surface area contributed by atoms with Crippen LogP contribution in [-0.4, -0.2) is 5.91 Å². The Bertz CT molecular complexity index is 659. The zero-order chi connectivity index (χ0) is 15.2. The third-order valence-corrected chi connectivity index (χ3v) is 3.56. The van der Waals surface area contributed by atoms with E-state index in [-0.39, 0.29) is 0 Å². The molecule has 0 bridgehead atoms. The molecule has 0 aromatic heterocycles. The number of nitriles is 1. The standard InChI is InChI=1S/C16H14BrN3O/c17-13-5-3-12(4-6-13)15(16(19)21)20-14-7-1-11(2-8-14)9-10-18/h1-8,15,20H,9H2,(H2,19,21). The van der Waals surface area contributed by atoms with Crippen LogP contribution in [0.3, 0.4) is 0 Å². The molecule has 2 aromatic carbocycles. The third-order valence-electron chi connectivity index (χ3n) is 3.04. The van der Waals surface area contributed by atoms with Gasteiger partial charge in [-0.15, -0.1) is 0 Å². The van der Waals surface area contributed by atoms with E-state index in [0.29, 0.717) is 6.42 Å². The van der Waals surface area contributed by atoms with Gasteiger partial charge in [0, 0.05) is 10.2 Å². The molecule has 106 valence electrons. The molecule has 1 unspecified atom stereocenters. The lowest BCUT2D eigenvalue weighted by Crippen LogP contribution is -2.27. The molecule has 0 heterocycles. The Morgan fingerprint density at radius 1 is 1.19 bits per heavy atom. The maximum atomic E-state index is 11.7. The minimum atomic E-state index is -0.597. The number of hydrogen-bond acceptors (Lipinski definition) is 3. The van der Waals surface area contributed by atoms with Gasteiger partial charge in [0.2, 0.25) is 5.91 Å². The Balaban J connectivity index is 2.18. The molecule has 4 nitrogen and oxygen atoms in total. The topological polar surface area (TPSA) is 78.9 Å². The van der Waals surface area contributed by atoms with Gasteiger partial charge in [0.1, 0.15) is 6.04 Å². The molecule has 2 rings (SSSR count). The minimum absolute atomic E-state index is 0.367. The second kappa shape index (κ2) is 6.91. The van der Waals surface area contributed by atoms with Gasteiger partial charge in [-0.3, -0.25) is 4.79 Å². The van der Waals surface area contributed by atoms with E-state index >= 15 is 0 Å². The smallest absolute Gasteiger partial charge is 0.244 e. The first-order valence-electron chi connectivity index (χ1n) is 6.37. The number of halogens is 1. The number of anilines is 1. The summed E-state index contributed by atoms with van der Waals surface area (Å²) in [6.45, 7) is 0. The second-order valence-electron chi connectivity index (χ2n) is 4.56. The number of nitrogens with zero attached hydrogens (tertiary/aromatic N) is 1. The van der Waals surface area contributed by atoms with Crippen molar-refractivity contribution in [2.24, 2.45) is 5.73 Å². The second-order valence-corrected chi connectivity index (χ2v) is 5.48. The van der Waals surface area contributed by atoms with Crippen molar-refractivity contribution >= 4 is 27.5 Å². The van der Waals surface area contributed by atoms with Crippen LogP contribution < -0.4 is 11.1 Å². The Morgan fingerprint density at radius 3 is 2.33 bits per heavy atom. The normalized spacial score (nSPS) is 11.4. The number of benzene rings is 2. The summed E-state index contributed by atoms with van der Waals surface area (Å²) in [4.78, 5) is 11.7. The van der Waals surface area contributed by atoms with Crippen LogP contribution in [-0.2, 0) is 11.2 Å². The first kappa shape index (κ1) is 15.1. The highest BCUT2D eigenvalue weighted by Gasteiger charge is 2.17. The number of nitrogens with two attached hydrogens (primary N) is 1. The molecule has 21 heavy (non-hydrogen) atoms. The summed E-state index contributed by atoms with van der Waals surface area (Å²) < 4.78 is 0.940. The molecule has 0 saturated heterocycles. The summed E-state index contributed by atoms with van der Waals surface area (Å²) in [6.07, 6.45) is 0.367. The molecule has 0 aliphatic rings. The van der Waals surface area contributed by atoms with Crippen molar-refractivity contribution in [2.75, 3.05) is 5.32 Å². The largest absolute Gasteiger partial charge is 0.370 e. The van der Waals surface area contributed by atoms with Crippen LogP contribution in [0.5, 0.6) is 0 Å². The van der Waals surface area contributed by atoms with Crippen molar-refractivity contribution in [3.05, 3.63) is 64.1 Å². The van der Waals surface area contributed by atoms with Gasteiger partial charge in [-0.2, -0.15) is 5.26 Å². The number of hydrogen-bond donors (Lipinski definition) is 2. The Morgan fingerprint density at radius 2 is 1.81 bits per heavy atom. The summed E-state index contributed by atoms with van der Waals surface area (Å²) in [5, 5.41) is 11.8. The molecule has 0 aliphatic carbocycles. The SMILES string of the molecule is N#CCc1ccc(NC(C(N)=O)c2ccc(Br)cc2)cc1. The van der Waals surface area contributed by atoms with E-state index in [4.69, 9.17) is 11.0 Å². The van der Waals surface area contributed by atoms with Crippen LogP contribution in [0.25, 0.3) is 0 Å². The fraction of sp³-hybridized carbons (Fsp3) is 0.125. The fourth-order valence-electron chi connectivity index (χ4n) is 1.95. The molecule has 1 amide bonds. The molecule has 1 atom stereocenters. The van der Waals surface area contributed by atoms with Gasteiger partial charge in [0.05, 0.1) is 12.5 Å². The zero-order valence-corrected chi connectivity index (χ0v) is 12.8. The summed E-state index contributed by atoms with van der Waals surface area (Å²) in [6, 6.07) is 16.3. The van der Waals surface area contributed by atoms with Gasteiger partial charge in [-0.25, -0.2) is 0 Å². The Hall–Kier alpha value is -2.32. The third kappa shape index (κ3) is 4.07. The quantitative estimate of drug-likeness (QED) is 0.875. The van der Waals surface area contributed by atoms with Gasteiger partial charge in [-0.1, -0.05) is 40.2 Å². The van der Waals surface area contributed by atoms with E-state index in [2.05, 4.69) is 27.3 Å². The molecule has 2 aromatic rings. The number of primary amides is 1. The van der Waals surface area contributed by atoms with Crippen LogP contribution in [0.15, 0.2) is 53.0 Å². The monoisotopic (exact) mass is 343 g/mol. The predicted molar refractivity (Wildman–Crippen MR) is 85.5 cm³/mol. The van der Waals surface area contributed by atoms with Gasteiger partial charge < -0.3 is 11.1 Å². The number of rotatable bonds is 5. The summed E-state index contributed by atoms with van der Waals surface area (Å²) >= 11 is 3.36. The van der Waals surface area contributed by atoms with Crippen molar-refractivity contribution in [3.8, 4) is 6.07 Å². The van der Waals surface area contributed by atoms with Crippen molar-refractivity contribution < 1.29 is 4.79 Å². The first-order valence-corrected chi connectivity index (χ1v) is 7.16. The van der Waals surface area contributed by atoms with Gasteiger partial charge in [0.25, 0.3) is 0 Å². The molecule has 0 aliphatic heterocycles. The van der Waals surface area contributed by atoms with Crippen LogP contribution in [0.2, 0.25) is 0 Å². The highest BCUT2D eigenvalue weighted by molar-refractivity contribution is 9.10. The van der Waals surface area contributed by atoms with Gasteiger partial charge in [0.15, 0.2) is 0 Å². The number of carbonyl (C=O) groups is 1. The van der Waals surface area contributed by atoms with Gasteiger partial charge in [-0.05, 0) is 35.4 Å². The van der Waals surface area contributed by atoms with Crippen LogP contribution >= 0.6 is 15.9 Å². The van der Waals surface area contributed by atoms with E-state index in [1.54, 1.807) is 0 Å². The summed E-state index contributed by atoms with van der Waals surface area (Å²) in [7, 11) is 0. The van der Waals surface area contributed by atoms with Crippen molar-refractivity contribution in [2.45, 2.75) is 12.5 Å². The van der Waals surface area contributed by atoms with Gasteiger partial charge >= 0.3 is 0 Å². The molecule has 3 N–H and O–H groups in total. The van der Waals surface area contributed by atoms with Crippen LogP contribution in [0.4, 0.5) is 5.69 Å². The highest BCUT2D eigenvalue weighted by atomic mass is 79.9. The number of amides is 1. The predicted octanol–water partition coefficient (Wildman–Crippen LogP) is 3.15. The van der Waals surface area contributed by atoms with Crippen LogP contribution in [0, 0.1) is 11.3 Å². The van der Waals surface area contributed by atoms with Crippen LogP contribution in [0.1, 0.15) is 17.2 Å². The molecule has 0 saturated carbocycles. The van der Waals surface area contributed by atoms with Crippen molar-refractivity contribution in [1.29, 1.82) is 5.26 Å². The molecular formula is C16H14BrN3O. The molecule has 5 heteroatoms. The highest BCUT2D eigenvalue weighted by Crippen LogP contribution is 2.22. The minimum Gasteiger partial charge on any atom is -0.370 e. The Labute approximate surface area is 131 Å². The Kier molecular flexibility index (Phi) is 4.96. The summed E-state index contributed by atoms with van der Waals surface area (Å²) in [5.41, 5.74) is 7.99. The van der Waals surface area contributed by atoms with E-state index in [9.17, 15) is 4.79 Å². The molecule has 0 fully saturated rings. The summed E-state index contributed by atoms with van der Waals surface area (Å²) in [5.74, 6) is -0.446. The molecule has 0 radical (unpaired) electrons. The molecular weight excluding hydrogens is 330 g/mol. The van der Waals surface area contributed by atoms with E-state index in [0.717, 1.165) is 21.3 Å². The van der Waals surface area contributed by atoms with Crippen molar-refractivity contribution in [3.63, 3.8) is 0 Å².